The lowest BCUT2D eigenvalue weighted by atomic mass is 10.1. The minimum absolute atomic E-state index is 0.302. The Morgan fingerprint density at radius 3 is 2.93 bits per heavy atom. The molecule has 0 fully saturated rings. The second kappa shape index (κ2) is 4.91. The lowest BCUT2D eigenvalue weighted by molar-refractivity contribution is -0.134. The highest BCUT2D eigenvalue weighted by Gasteiger charge is 2.01. The molecule has 1 aromatic carbocycles. The molecule has 0 atom stereocenters. The number of nitriles is 1. The van der Waals surface area contributed by atoms with Crippen molar-refractivity contribution in [3.63, 3.8) is 0 Å². The monoisotopic (exact) mass is 205 g/mol. The average molecular weight is 205 g/mol. The molecule has 1 aromatic rings. The summed E-state index contributed by atoms with van der Waals surface area (Å²) in [5.41, 5.74) is 0.652. The van der Waals surface area contributed by atoms with Crippen molar-refractivity contribution in [3.8, 4) is 6.07 Å². The van der Waals surface area contributed by atoms with E-state index in [1.165, 1.54) is 31.4 Å². The predicted octanol–water partition coefficient (Wildman–Crippen LogP) is 1.88. The van der Waals surface area contributed by atoms with Crippen molar-refractivity contribution in [2.24, 2.45) is 0 Å². The fourth-order valence-electron chi connectivity index (χ4n) is 0.999. The van der Waals surface area contributed by atoms with Gasteiger partial charge < -0.3 is 4.74 Å². The normalized spacial score (nSPS) is 9.93. The van der Waals surface area contributed by atoms with Crippen LogP contribution in [-0.4, -0.2) is 13.1 Å². The van der Waals surface area contributed by atoms with Crippen molar-refractivity contribution in [3.05, 3.63) is 41.2 Å². The molecule has 1 rings (SSSR count). The van der Waals surface area contributed by atoms with Crippen molar-refractivity contribution in [1.82, 2.24) is 0 Å². The third-order valence-corrected chi connectivity index (χ3v) is 1.73. The molecular formula is C11H8FNO2. The van der Waals surface area contributed by atoms with Gasteiger partial charge in [0.25, 0.3) is 0 Å². The molecule has 0 saturated carbocycles. The molecule has 0 aromatic heterocycles. The molecule has 0 aliphatic heterocycles. The summed E-state index contributed by atoms with van der Waals surface area (Å²) in [5, 5.41) is 8.71. The van der Waals surface area contributed by atoms with Gasteiger partial charge in [-0.25, -0.2) is 9.18 Å². The zero-order chi connectivity index (χ0) is 11.3. The Kier molecular flexibility index (Phi) is 3.58. The van der Waals surface area contributed by atoms with E-state index in [2.05, 4.69) is 4.74 Å². The summed E-state index contributed by atoms with van der Waals surface area (Å²) in [7, 11) is 1.24. The van der Waals surface area contributed by atoms with Gasteiger partial charge in [-0.2, -0.15) is 5.26 Å². The van der Waals surface area contributed by atoms with Crippen molar-refractivity contribution in [2.45, 2.75) is 0 Å². The Morgan fingerprint density at radius 1 is 1.60 bits per heavy atom. The Morgan fingerprint density at radius 2 is 2.33 bits per heavy atom. The van der Waals surface area contributed by atoms with Crippen LogP contribution in [0.2, 0.25) is 0 Å². The van der Waals surface area contributed by atoms with Crippen LogP contribution in [0.3, 0.4) is 0 Å². The summed E-state index contributed by atoms with van der Waals surface area (Å²) in [5.74, 6) is -1.01. The van der Waals surface area contributed by atoms with Gasteiger partial charge in [-0.3, -0.25) is 0 Å². The molecule has 0 aliphatic rings. The van der Waals surface area contributed by atoms with Crippen molar-refractivity contribution in [1.29, 1.82) is 5.26 Å². The zero-order valence-corrected chi connectivity index (χ0v) is 8.03. The van der Waals surface area contributed by atoms with Crippen LogP contribution in [0.15, 0.2) is 24.3 Å². The first-order valence-electron chi connectivity index (χ1n) is 4.13. The highest BCUT2D eigenvalue weighted by atomic mass is 19.1. The molecule has 0 saturated heterocycles. The number of nitrogens with zero attached hydrogens (tertiary/aromatic N) is 1. The predicted molar refractivity (Wildman–Crippen MR) is 52.2 cm³/mol. The van der Waals surface area contributed by atoms with Crippen molar-refractivity contribution < 1.29 is 13.9 Å². The first-order valence-corrected chi connectivity index (χ1v) is 4.13. The summed E-state index contributed by atoms with van der Waals surface area (Å²) in [6, 6.07) is 5.62. The van der Waals surface area contributed by atoms with Crippen molar-refractivity contribution >= 4 is 12.0 Å². The van der Waals surface area contributed by atoms with Gasteiger partial charge in [-0.05, 0) is 29.8 Å². The SMILES string of the molecule is COC(=O)C=Cc1cc(F)ccc1C#N. The molecule has 0 amide bonds. The Labute approximate surface area is 86.4 Å². The molecule has 0 aliphatic carbocycles. The van der Waals surface area contributed by atoms with E-state index in [1.54, 1.807) is 0 Å². The summed E-state index contributed by atoms with van der Waals surface area (Å²) in [6.45, 7) is 0. The molecule has 0 N–H and O–H groups in total. The molecule has 15 heavy (non-hydrogen) atoms. The number of hydrogen-bond donors (Lipinski definition) is 0. The molecule has 0 spiro atoms. The molecule has 0 heterocycles. The lowest BCUT2D eigenvalue weighted by Crippen LogP contribution is -1.94. The van der Waals surface area contributed by atoms with Crippen LogP contribution in [0, 0.1) is 17.1 Å². The highest BCUT2D eigenvalue weighted by Crippen LogP contribution is 2.12. The summed E-state index contributed by atoms with van der Waals surface area (Å²) in [6.07, 6.45) is 2.48. The van der Waals surface area contributed by atoms with Crippen molar-refractivity contribution in [2.75, 3.05) is 7.11 Å². The number of hydrogen-bond acceptors (Lipinski definition) is 3. The van der Waals surface area contributed by atoms with Crippen LogP contribution in [0.1, 0.15) is 11.1 Å². The largest absolute Gasteiger partial charge is 0.466 e. The maximum Gasteiger partial charge on any atom is 0.330 e. The summed E-state index contributed by atoms with van der Waals surface area (Å²) >= 11 is 0. The molecule has 3 nitrogen and oxygen atoms in total. The molecule has 0 unspecified atom stereocenters. The number of carbonyl (C=O) groups excluding carboxylic acids is 1. The quantitative estimate of drug-likeness (QED) is 0.547. The highest BCUT2D eigenvalue weighted by molar-refractivity contribution is 5.87. The Balaban J connectivity index is 3.03. The smallest absolute Gasteiger partial charge is 0.330 e. The van der Waals surface area contributed by atoms with E-state index in [0.717, 1.165) is 6.08 Å². The number of rotatable bonds is 2. The van der Waals surface area contributed by atoms with Gasteiger partial charge >= 0.3 is 5.97 Å². The summed E-state index contributed by atoms with van der Waals surface area (Å²) < 4.78 is 17.2. The minimum atomic E-state index is -0.553. The number of benzene rings is 1. The first kappa shape index (κ1) is 10.9. The van der Waals surface area contributed by atoms with Gasteiger partial charge in [0.1, 0.15) is 5.82 Å². The van der Waals surface area contributed by atoms with Crippen LogP contribution >= 0.6 is 0 Å². The van der Waals surface area contributed by atoms with Gasteiger partial charge in [0.2, 0.25) is 0 Å². The molecule has 0 radical (unpaired) electrons. The van der Waals surface area contributed by atoms with Gasteiger partial charge in [0, 0.05) is 6.08 Å². The van der Waals surface area contributed by atoms with E-state index >= 15 is 0 Å². The number of halogens is 1. The van der Waals surface area contributed by atoms with Crippen LogP contribution in [-0.2, 0) is 9.53 Å². The Bertz CT molecular complexity index is 446. The van der Waals surface area contributed by atoms with E-state index in [0.29, 0.717) is 11.1 Å². The van der Waals surface area contributed by atoms with E-state index in [1.807, 2.05) is 6.07 Å². The fraction of sp³-hybridized carbons (Fsp3) is 0.0909. The number of ether oxygens (including phenoxy) is 1. The van der Waals surface area contributed by atoms with Crippen LogP contribution in [0.4, 0.5) is 4.39 Å². The van der Waals surface area contributed by atoms with E-state index in [9.17, 15) is 9.18 Å². The van der Waals surface area contributed by atoms with Crippen LogP contribution in [0.5, 0.6) is 0 Å². The van der Waals surface area contributed by atoms with E-state index in [4.69, 9.17) is 5.26 Å². The van der Waals surface area contributed by atoms with Gasteiger partial charge in [0.15, 0.2) is 0 Å². The minimum Gasteiger partial charge on any atom is -0.466 e. The molecule has 0 bridgehead atoms. The van der Waals surface area contributed by atoms with Gasteiger partial charge in [-0.1, -0.05) is 0 Å². The number of methoxy groups -OCH3 is 1. The second-order valence-corrected chi connectivity index (χ2v) is 2.70. The maximum atomic E-state index is 12.8. The third-order valence-electron chi connectivity index (χ3n) is 1.73. The van der Waals surface area contributed by atoms with Crippen LogP contribution < -0.4 is 0 Å². The van der Waals surface area contributed by atoms with Gasteiger partial charge in [-0.15, -0.1) is 0 Å². The van der Waals surface area contributed by atoms with E-state index < -0.39 is 11.8 Å². The van der Waals surface area contributed by atoms with Crippen LogP contribution in [0.25, 0.3) is 6.08 Å². The first-order chi connectivity index (χ1) is 7.17. The summed E-state index contributed by atoms with van der Waals surface area (Å²) in [4.78, 5) is 10.8. The topological polar surface area (TPSA) is 50.1 Å². The second-order valence-electron chi connectivity index (χ2n) is 2.70. The lowest BCUT2D eigenvalue weighted by Gasteiger charge is -1.97. The molecular weight excluding hydrogens is 197 g/mol. The maximum absolute atomic E-state index is 12.8. The number of carbonyl (C=O) groups is 1. The standard InChI is InChI=1S/C11H8FNO2/c1-15-11(14)5-3-8-6-10(12)4-2-9(8)7-13/h2-6H,1H3. The zero-order valence-electron chi connectivity index (χ0n) is 8.03. The van der Waals surface area contributed by atoms with E-state index in [-0.39, 0.29) is 0 Å². The molecule has 4 heteroatoms. The average Bonchev–Trinajstić information content (AvgIpc) is 2.26. The van der Waals surface area contributed by atoms with Gasteiger partial charge in [0.05, 0.1) is 18.7 Å². The Hall–Kier alpha value is -2.15. The third kappa shape index (κ3) is 2.92. The number of esters is 1. The molecule has 76 valence electrons. The fourth-order valence-corrected chi connectivity index (χ4v) is 0.999.